The summed E-state index contributed by atoms with van der Waals surface area (Å²) in [5, 5.41) is 0. The molecule has 0 bridgehead atoms. The molecule has 0 N–H and O–H groups in total. The van der Waals surface area contributed by atoms with Crippen molar-refractivity contribution >= 4 is 5.57 Å². The molecule has 2 aliphatic rings. The van der Waals surface area contributed by atoms with E-state index in [0.29, 0.717) is 11.5 Å². The molecule has 0 saturated carbocycles. The maximum atomic E-state index is 14.3. The molecule has 158 valence electrons. The highest BCUT2D eigenvalue weighted by Gasteiger charge is 2.20. The second kappa shape index (κ2) is 10.8. The molecule has 2 atom stereocenters. The maximum Gasteiger partial charge on any atom is 0.201 e. The van der Waals surface area contributed by atoms with Gasteiger partial charge in [-0.25, -0.2) is 4.39 Å². The Labute approximate surface area is 174 Å². The summed E-state index contributed by atoms with van der Waals surface area (Å²) in [5.41, 5.74) is 2.91. The lowest BCUT2D eigenvalue weighted by atomic mass is 9.84. The van der Waals surface area contributed by atoms with E-state index in [0.717, 1.165) is 37.2 Å². The van der Waals surface area contributed by atoms with Crippen molar-refractivity contribution < 1.29 is 13.5 Å². The van der Waals surface area contributed by atoms with E-state index in [4.69, 9.17) is 4.74 Å². The fourth-order valence-corrected chi connectivity index (χ4v) is 4.61. The van der Waals surface area contributed by atoms with Crippen molar-refractivity contribution in [3.05, 3.63) is 59.2 Å². The average molecular weight is 401 g/mol. The predicted octanol–water partition coefficient (Wildman–Crippen LogP) is 8.02. The number of hydrogen-bond donors (Lipinski definition) is 0. The molecule has 0 saturated heterocycles. The minimum absolute atomic E-state index is 0.0440. The summed E-state index contributed by atoms with van der Waals surface area (Å²) in [5.74, 6) is -0.333. The lowest BCUT2D eigenvalue weighted by Gasteiger charge is -2.21. The molecule has 0 aromatic heterocycles. The first-order valence-electron chi connectivity index (χ1n) is 11.2. The van der Waals surface area contributed by atoms with Gasteiger partial charge in [0.25, 0.3) is 0 Å². The van der Waals surface area contributed by atoms with Gasteiger partial charge in [0.2, 0.25) is 5.82 Å². The van der Waals surface area contributed by atoms with Crippen molar-refractivity contribution in [2.45, 2.75) is 71.1 Å². The second-order valence-electron chi connectivity index (χ2n) is 8.47. The number of ether oxygens (including phenoxy) is 1. The number of benzene rings is 1. The topological polar surface area (TPSA) is 9.23 Å². The largest absolute Gasteiger partial charge is 0.494 e. The van der Waals surface area contributed by atoms with Crippen LogP contribution in [0.25, 0.3) is 5.57 Å². The van der Waals surface area contributed by atoms with Crippen molar-refractivity contribution in [2.75, 3.05) is 7.11 Å². The first kappa shape index (κ1) is 21.8. The predicted molar refractivity (Wildman–Crippen MR) is 117 cm³/mol. The molecule has 3 rings (SSSR count). The van der Waals surface area contributed by atoms with Crippen LogP contribution in [0.1, 0.15) is 76.7 Å². The van der Waals surface area contributed by atoms with E-state index < -0.39 is 11.6 Å². The van der Waals surface area contributed by atoms with Gasteiger partial charge in [0.1, 0.15) is 0 Å². The van der Waals surface area contributed by atoms with Crippen LogP contribution in [0.3, 0.4) is 0 Å². The molecule has 1 nitrogen and oxygen atoms in total. The van der Waals surface area contributed by atoms with E-state index >= 15 is 0 Å². The van der Waals surface area contributed by atoms with Crippen molar-refractivity contribution in [1.82, 2.24) is 0 Å². The highest BCUT2D eigenvalue weighted by Crippen LogP contribution is 2.35. The number of allylic oxidation sites excluding steroid dienone is 6. The summed E-state index contributed by atoms with van der Waals surface area (Å²) in [6.07, 6.45) is 20.7. The number of hydrogen-bond acceptors (Lipinski definition) is 1. The fourth-order valence-electron chi connectivity index (χ4n) is 4.61. The van der Waals surface area contributed by atoms with Crippen LogP contribution in [0.15, 0.2) is 42.0 Å². The highest BCUT2D eigenvalue weighted by atomic mass is 19.2. The monoisotopic (exact) mass is 400 g/mol. The van der Waals surface area contributed by atoms with E-state index in [2.05, 4.69) is 31.2 Å². The summed E-state index contributed by atoms with van der Waals surface area (Å²) in [7, 11) is 1.35. The molecule has 1 aromatic carbocycles. The number of rotatable bonds is 8. The Morgan fingerprint density at radius 2 is 1.93 bits per heavy atom. The summed E-state index contributed by atoms with van der Waals surface area (Å²) in [6, 6.07) is 3.13. The molecule has 2 aliphatic carbocycles. The van der Waals surface area contributed by atoms with Crippen molar-refractivity contribution in [2.24, 2.45) is 11.8 Å². The average Bonchev–Trinajstić information content (AvgIpc) is 2.75. The van der Waals surface area contributed by atoms with Gasteiger partial charge in [-0.05, 0) is 80.9 Å². The standard InChI is InChI=1S/C26H34F2O/c1-3-6-19-9-11-20(12-10-19)7-4-5-8-21-13-15-22(16-14-21)23-17-18-24(29-2)26(28)25(23)27/h5,8,11,15,17-19,21H,3-4,6-7,9-10,12-14,16H2,1-2H3. The third kappa shape index (κ3) is 5.81. The summed E-state index contributed by atoms with van der Waals surface area (Å²) < 4.78 is 33.1. The molecular formula is C26H34F2O. The van der Waals surface area contributed by atoms with Crippen LogP contribution in [-0.4, -0.2) is 7.11 Å². The molecule has 0 aliphatic heterocycles. The summed E-state index contributed by atoms with van der Waals surface area (Å²) in [4.78, 5) is 0. The van der Waals surface area contributed by atoms with Gasteiger partial charge in [0, 0.05) is 5.56 Å². The van der Waals surface area contributed by atoms with Crippen LogP contribution in [0.2, 0.25) is 0 Å². The molecule has 0 fully saturated rings. The van der Waals surface area contributed by atoms with Crippen LogP contribution in [-0.2, 0) is 0 Å². The fraction of sp³-hybridized carbons (Fsp3) is 0.538. The Morgan fingerprint density at radius 3 is 2.59 bits per heavy atom. The van der Waals surface area contributed by atoms with Crippen molar-refractivity contribution in [1.29, 1.82) is 0 Å². The third-order valence-electron chi connectivity index (χ3n) is 6.42. The number of methoxy groups -OCH3 is 1. The SMILES string of the molecule is CCCC1CC=C(CCC=CC2CC=C(c3ccc(OC)c(F)c3F)CC2)CC1. The third-order valence-corrected chi connectivity index (χ3v) is 6.42. The van der Waals surface area contributed by atoms with Gasteiger partial charge in [-0.2, -0.15) is 4.39 Å². The van der Waals surface area contributed by atoms with Crippen molar-refractivity contribution in [3.8, 4) is 5.75 Å². The molecule has 3 heteroatoms. The minimum atomic E-state index is -0.897. The molecule has 0 heterocycles. The highest BCUT2D eigenvalue weighted by molar-refractivity contribution is 5.67. The molecule has 29 heavy (non-hydrogen) atoms. The molecule has 0 spiro atoms. The minimum Gasteiger partial charge on any atom is -0.494 e. The van der Waals surface area contributed by atoms with Gasteiger partial charge in [-0.1, -0.05) is 49.6 Å². The van der Waals surface area contributed by atoms with E-state index in [1.165, 1.54) is 51.7 Å². The maximum absolute atomic E-state index is 14.3. The van der Waals surface area contributed by atoms with Crippen LogP contribution < -0.4 is 4.74 Å². The zero-order valence-corrected chi connectivity index (χ0v) is 17.9. The Balaban J connectivity index is 1.47. The van der Waals surface area contributed by atoms with Crippen LogP contribution in [0.5, 0.6) is 5.75 Å². The van der Waals surface area contributed by atoms with Crippen LogP contribution in [0, 0.1) is 23.5 Å². The van der Waals surface area contributed by atoms with Gasteiger partial charge in [0.05, 0.1) is 7.11 Å². The van der Waals surface area contributed by atoms with Gasteiger partial charge in [0.15, 0.2) is 11.6 Å². The molecular weight excluding hydrogens is 366 g/mol. The molecule has 0 amide bonds. The lowest BCUT2D eigenvalue weighted by molar-refractivity contribution is 0.371. The Bertz CT molecular complexity index is 775. The Morgan fingerprint density at radius 1 is 1.07 bits per heavy atom. The first-order chi connectivity index (χ1) is 14.1. The molecule has 2 unspecified atom stereocenters. The van der Waals surface area contributed by atoms with E-state index in [-0.39, 0.29) is 5.75 Å². The van der Waals surface area contributed by atoms with Gasteiger partial charge in [-0.15, -0.1) is 0 Å². The van der Waals surface area contributed by atoms with Crippen LogP contribution in [0.4, 0.5) is 8.78 Å². The quantitative estimate of drug-likeness (QED) is 0.401. The lowest BCUT2D eigenvalue weighted by Crippen LogP contribution is -2.06. The Kier molecular flexibility index (Phi) is 8.09. The number of halogens is 2. The molecule has 0 radical (unpaired) electrons. The summed E-state index contributed by atoms with van der Waals surface area (Å²) in [6.45, 7) is 2.28. The van der Waals surface area contributed by atoms with Gasteiger partial charge >= 0.3 is 0 Å². The first-order valence-corrected chi connectivity index (χ1v) is 11.2. The van der Waals surface area contributed by atoms with E-state index in [1.807, 2.05) is 0 Å². The molecule has 1 aromatic rings. The zero-order valence-electron chi connectivity index (χ0n) is 17.9. The van der Waals surface area contributed by atoms with E-state index in [1.54, 1.807) is 11.6 Å². The van der Waals surface area contributed by atoms with Crippen LogP contribution >= 0.6 is 0 Å². The normalized spacial score (nSPS) is 22.5. The smallest absolute Gasteiger partial charge is 0.201 e. The van der Waals surface area contributed by atoms with Gasteiger partial charge < -0.3 is 4.74 Å². The second-order valence-corrected chi connectivity index (χ2v) is 8.47. The zero-order chi connectivity index (χ0) is 20.6. The van der Waals surface area contributed by atoms with E-state index in [9.17, 15) is 8.78 Å². The summed E-state index contributed by atoms with van der Waals surface area (Å²) >= 11 is 0. The Hall–Kier alpha value is -1.90. The van der Waals surface area contributed by atoms with Gasteiger partial charge in [-0.3, -0.25) is 0 Å². The van der Waals surface area contributed by atoms with Crippen molar-refractivity contribution in [3.63, 3.8) is 0 Å².